The summed E-state index contributed by atoms with van der Waals surface area (Å²) >= 11 is 0. The molecule has 2 unspecified atom stereocenters. The van der Waals surface area contributed by atoms with Crippen molar-refractivity contribution < 1.29 is 47.7 Å². The second-order valence-electron chi connectivity index (χ2n) is 17.1. The zero-order valence-corrected chi connectivity index (χ0v) is 36.7. The molecule has 3 aliphatic rings. The number of rotatable bonds is 13. The third-order valence-corrected chi connectivity index (χ3v) is 11.8. The van der Waals surface area contributed by atoms with E-state index in [0.717, 1.165) is 35.2 Å². The lowest BCUT2D eigenvalue weighted by atomic mass is 10.0. The molecule has 0 bridgehead atoms. The van der Waals surface area contributed by atoms with Crippen LogP contribution in [0, 0.1) is 11.8 Å². The van der Waals surface area contributed by atoms with Crippen molar-refractivity contribution in [2.24, 2.45) is 11.8 Å². The van der Waals surface area contributed by atoms with Gasteiger partial charge < -0.3 is 49.7 Å². The molecular weight excluding hydrogens is 799 g/mol. The highest BCUT2D eigenvalue weighted by atomic mass is 16.7. The van der Waals surface area contributed by atoms with Gasteiger partial charge in [-0.25, -0.2) is 14.6 Å². The van der Waals surface area contributed by atoms with E-state index in [1.165, 1.54) is 19.1 Å². The van der Waals surface area contributed by atoms with Crippen LogP contribution >= 0.6 is 0 Å². The van der Waals surface area contributed by atoms with Crippen LogP contribution in [0.3, 0.4) is 0 Å². The number of ether oxygens (including phenoxy) is 4. The number of hydrogen-bond acceptors (Lipinski definition) is 11. The average Bonchev–Trinajstić information content (AvgIpc) is 4.02. The average molecular weight is 858 g/mol. The molecule has 4 heterocycles. The number of H-pyrrole nitrogens is 1. The molecule has 3 aliphatic heterocycles. The van der Waals surface area contributed by atoms with Crippen LogP contribution in [0.2, 0.25) is 0 Å². The number of Topliss-reactive ketones (excluding diaryl/α,β-unsaturated/α-hetero) is 1. The van der Waals surface area contributed by atoms with E-state index >= 15 is 0 Å². The van der Waals surface area contributed by atoms with Gasteiger partial charge in [0.2, 0.25) is 17.7 Å². The van der Waals surface area contributed by atoms with Gasteiger partial charge in [-0.3, -0.25) is 19.2 Å². The number of amides is 5. The maximum absolute atomic E-state index is 14.0. The molecule has 0 aliphatic carbocycles. The monoisotopic (exact) mass is 857 g/mol. The first kappa shape index (κ1) is 45.7. The van der Waals surface area contributed by atoms with E-state index in [0.29, 0.717) is 24.4 Å². The maximum Gasteiger partial charge on any atom is 0.407 e. The minimum absolute atomic E-state index is 0.0246. The summed E-state index contributed by atoms with van der Waals surface area (Å²) in [6.45, 7) is 11.4. The number of nitrogens with zero attached hydrogens (tertiary/aromatic N) is 3. The van der Waals surface area contributed by atoms with Crippen molar-refractivity contribution in [3.05, 3.63) is 66.1 Å². The molecule has 62 heavy (non-hydrogen) atoms. The molecule has 1 spiro atoms. The lowest BCUT2D eigenvalue weighted by Gasteiger charge is -2.40. The number of ketones is 1. The van der Waals surface area contributed by atoms with E-state index in [1.807, 2.05) is 64.1 Å². The molecule has 6 atom stereocenters. The minimum Gasteiger partial charge on any atom is -0.453 e. The van der Waals surface area contributed by atoms with Crippen molar-refractivity contribution in [2.75, 3.05) is 33.9 Å². The Morgan fingerprint density at radius 3 is 1.89 bits per heavy atom. The number of imidazole rings is 1. The molecule has 3 saturated heterocycles. The fourth-order valence-electron chi connectivity index (χ4n) is 8.60. The summed E-state index contributed by atoms with van der Waals surface area (Å²) in [4.78, 5) is 90.0. The van der Waals surface area contributed by atoms with Crippen LogP contribution in [0.5, 0.6) is 0 Å². The number of carbonyl (C=O) groups is 6. The van der Waals surface area contributed by atoms with Crippen molar-refractivity contribution >= 4 is 35.7 Å². The number of alkyl carbamates (subject to hydrolysis) is 2. The molecule has 17 nitrogen and oxygen atoms in total. The Morgan fingerprint density at radius 2 is 1.34 bits per heavy atom. The normalized spacial score (nSPS) is 23.3. The maximum atomic E-state index is 14.0. The molecule has 2 aromatic carbocycles. The summed E-state index contributed by atoms with van der Waals surface area (Å²) in [5.41, 5.74) is 3.89. The smallest absolute Gasteiger partial charge is 0.407 e. The zero-order valence-electron chi connectivity index (χ0n) is 36.7. The molecule has 5 amide bonds. The fraction of sp³-hybridized carbons (Fsp3) is 0.533. The predicted molar refractivity (Wildman–Crippen MR) is 227 cm³/mol. The summed E-state index contributed by atoms with van der Waals surface area (Å²) in [5.74, 6) is -2.51. The lowest BCUT2D eigenvalue weighted by molar-refractivity contribution is -0.303. The van der Waals surface area contributed by atoms with Crippen molar-refractivity contribution in [2.45, 2.75) is 109 Å². The molecule has 0 radical (unpaired) electrons. The third kappa shape index (κ3) is 10.3. The van der Waals surface area contributed by atoms with Gasteiger partial charge in [-0.1, -0.05) is 76.2 Å². The number of hydrogen-bond donors (Lipinski definition) is 4. The van der Waals surface area contributed by atoms with Crippen LogP contribution in [0.4, 0.5) is 9.59 Å². The van der Waals surface area contributed by atoms with Crippen LogP contribution in [-0.2, 0) is 33.3 Å². The van der Waals surface area contributed by atoms with Crippen LogP contribution in [0.25, 0.3) is 22.4 Å². The first-order valence-electron chi connectivity index (χ1n) is 21.2. The zero-order chi connectivity index (χ0) is 44.9. The number of carbonyl (C=O) groups excluding carboxylic acids is 6. The molecule has 3 aromatic rings. The number of aromatic amines is 1. The van der Waals surface area contributed by atoms with E-state index in [4.69, 9.17) is 18.9 Å². The van der Waals surface area contributed by atoms with Gasteiger partial charge in [0.05, 0.1) is 57.4 Å². The fourth-order valence-corrected chi connectivity index (χ4v) is 8.60. The van der Waals surface area contributed by atoms with Gasteiger partial charge in [-0.05, 0) is 61.6 Å². The third-order valence-electron chi connectivity index (χ3n) is 11.8. The Hall–Kier alpha value is -5.81. The Kier molecular flexibility index (Phi) is 14.4. The molecule has 1 aromatic heterocycles. The van der Waals surface area contributed by atoms with Gasteiger partial charge in [0.25, 0.3) is 0 Å². The van der Waals surface area contributed by atoms with Gasteiger partial charge >= 0.3 is 12.2 Å². The molecular formula is C45H59N7O10. The Morgan fingerprint density at radius 1 is 0.806 bits per heavy atom. The van der Waals surface area contributed by atoms with Crippen molar-refractivity contribution in [3.63, 3.8) is 0 Å². The Balaban J connectivity index is 1.08. The lowest BCUT2D eigenvalue weighted by Crippen LogP contribution is -2.56. The standard InChI is InChI=1S/C45H59N7O10/c1-25(2)37(49-43(57)59-7)41(55)51-19-9-10-34(51)39-46-22-33(48-39)31-15-11-29(12-16-31)30-13-17-32(18-14-30)36(53)23-47-40(54)35-21-45(61-27(5)20-28(6)62-45)24-52(35)42(56)38(26(3)4)50-44(58)60-8/h11-18,22,25-28,34-35,37-38H,9-10,19-21,23-24H2,1-8H3,(H,46,48)(H,47,54)(H,49,57)(H,50,58)/t27-,28-,34?,35?,37-,38-/m0/s1. The highest BCUT2D eigenvalue weighted by Gasteiger charge is 2.55. The Bertz CT molecular complexity index is 2090. The van der Waals surface area contributed by atoms with Gasteiger partial charge in [0, 0.05) is 18.5 Å². The van der Waals surface area contributed by atoms with E-state index < -0.39 is 47.9 Å². The summed E-state index contributed by atoms with van der Waals surface area (Å²) < 4.78 is 22.0. The van der Waals surface area contributed by atoms with Crippen LogP contribution < -0.4 is 16.0 Å². The largest absolute Gasteiger partial charge is 0.453 e. The molecule has 3 fully saturated rings. The number of nitrogens with one attached hydrogen (secondary N) is 4. The second-order valence-corrected chi connectivity index (χ2v) is 17.1. The predicted octanol–water partition coefficient (Wildman–Crippen LogP) is 4.98. The van der Waals surface area contributed by atoms with Gasteiger partial charge in [-0.15, -0.1) is 0 Å². The van der Waals surface area contributed by atoms with Crippen molar-refractivity contribution in [1.29, 1.82) is 0 Å². The van der Waals surface area contributed by atoms with Crippen LogP contribution in [0.15, 0.2) is 54.7 Å². The number of likely N-dealkylation sites (tertiary alicyclic amines) is 2. The quantitative estimate of drug-likeness (QED) is 0.169. The van der Waals surface area contributed by atoms with Crippen LogP contribution in [-0.4, -0.2) is 125 Å². The molecule has 6 rings (SSSR count). The summed E-state index contributed by atoms with van der Waals surface area (Å²) in [6.07, 6.45) is 2.26. The van der Waals surface area contributed by atoms with E-state index in [2.05, 4.69) is 25.9 Å². The molecule has 4 N–H and O–H groups in total. The Labute approximate surface area is 361 Å². The SMILES string of the molecule is COC(=O)N[C@H](C(=O)N1CC2(CC1C(=O)NCC(=O)c1ccc(-c3ccc(-c4cnc(C5CCCN5C(=O)[C@@H](NC(=O)OC)C(C)C)[nH]4)cc3)cc1)O[C@@H](C)C[C@H](C)O2)C(C)C. The molecule has 334 valence electrons. The first-order valence-corrected chi connectivity index (χ1v) is 21.2. The van der Waals surface area contributed by atoms with E-state index in [9.17, 15) is 28.8 Å². The van der Waals surface area contributed by atoms with Gasteiger partial charge in [-0.2, -0.15) is 0 Å². The summed E-state index contributed by atoms with van der Waals surface area (Å²) in [7, 11) is 2.48. The minimum atomic E-state index is -1.22. The first-order chi connectivity index (χ1) is 29.5. The molecule has 0 saturated carbocycles. The van der Waals surface area contributed by atoms with Gasteiger partial charge in [0.1, 0.15) is 23.9 Å². The van der Waals surface area contributed by atoms with Gasteiger partial charge in [0.15, 0.2) is 11.6 Å². The van der Waals surface area contributed by atoms with Crippen LogP contribution in [0.1, 0.15) is 89.4 Å². The number of methoxy groups -OCH3 is 2. The summed E-state index contributed by atoms with van der Waals surface area (Å²) in [5, 5.41) is 8.00. The van der Waals surface area contributed by atoms with Crippen molar-refractivity contribution in [1.82, 2.24) is 35.7 Å². The highest BCUT2D eigenvalue weighted by Crippen LogP contribution is 2.39. The van der Waals surface area contributed by atoms with E-state index in [1.54, 1.807) is 37.1 Å². The summed E-state index contributed by atoms with van der Waals surface area (Å²) in [6, 6.07) is 12.0. The molecule has 17 heteroatoms. The second kappa shape index (κ2) is 19.5. The van der Waals surface area contributed by atoms with Crippen molar-refractivity contribution in [3.8, 4) is 22.4 Å². The topological polar surface area (TPSA) is 211 Å². The number of aromatic nitrogens is 2. The van der Waals surface area contributed by atoms with E-state index in [-0.39, 0.29) is 61.3 Å². The number of benzene rings is 2. The highest BCUT2D eigenvalue weighted by molar-refractivity contribution is 6.01.